The molecule has 0 fully saturated rings. The van der Waals surface area contributed by atoms with E-state index in [1.165, 1.54) is 0 Å². The molecule has 0 heterocycles. The highest BCUT2D eigenvalue weighted by molar-refractivity contribution is 6.06. The SMILES string of the molecule is CCOC(=O)N=C(Cc1ccc(OC)cc1)c1ccc(OCc2ccccc2)cc1. The van der Waals surface area contributed by atoms with Crippen molar-refractivity contribution >= 4 is 11.8 Å². The quantitative estimate of drug-likeness (QED) is 0.469. The van der Waals surface area contributed by atoms with Crippen molar-refractivity contribution in [2.24, 2.45) is 4.99 Å². The summed E-state index contributed by atoms with van der Waals surface area (Å²) in [5.41, 5.74) is 3.59. The first kappa shape index (κ1) is 21.1. The third kappa shape index (κ3) is 6.21. The van der Waals surface area contributed by atoms with E-state index in [9.17, 15) is 4.79 Å². The number of rotatable bonds is 8. The lowest BCUT2D eigenvalue weighted by Crippen LogP contribution is -2.10. The van der Waals surface area contributed by atoms with Crippen molar-refractivity contribution in [3.63, 3.8) is 0 Å². The second kappa shape index (κ2) is 10.8. The van der Waals surface area contributed by atoms with Crippen molar-refractivity contribution in [1.82, 2.24) is 0 Å². The maximum Gasteiger partial charge on any atom is 0.433 e. The number of aliphatic imine (C=N–C) groups is 1. The topological polar surface area (TPSA) is 57.1 Å². The van der Waals surface area contributed by atoms with E-state index in [-0.39, 0.29) is 6.61 Å². The molecule has 0 aliphatic carbocycles. The fraction of sp³-hybridized carbons (Fsp3) is 0.200. The Labute approximate surface area is 176 Å². The molecule has 0 aliphatic heterocycles. The summed E-state index contributed by atoms with van der Waals surface area (Å²) in [5.74, 6) is 1.53. The molecule has 154 valence electrons. The molecule has 5 heteroatoms. The minimum Gasteiger partial charge on any atom is -0.497 e. The minimum absolute atomic E-state index is 0.282. The van der Waals surface area contributed by atoms with Crippen LogP contribution in [0.15, 0.2) is 83.9 Å². The predicted molar refractivity (Wildman–Crippen MR) is 117 cm³/mol. The van der Waals surface area contributed by atoms with Crippen LogP contribution in [0.1, 0.15) is 23.6 Å². The first-order valence-electron chi connectivity index (χ1n) is 9.82. The zero-order valence-electron chi connectivity index (χ0n) is 17.2. The largest absolute Gasteiger partial charge is 0.497 e. The third-order valence-corrected chi connectivity index (χ3v) is 4.46. The molecule has 1 amide bonds. The van der Waals surface area contributed by atoms with E-state index in [0.29, 0.717) is 18.7 Å². The van der Waals surface area contributed by atoms with Crippen LogP contribution in [-0.2, 0) is 17.8 Å². The Morgan fingerprint density at radius 2 is 1.50 bits per heavy atom. The molecule has 0 saturated carbocycles. The highest BCUT2D eigenvalue weighted by atomic mass is 16.5. The number of ether oxygens (including phenoxy) is 3. The second-order valence-corrected chi connectivity index (χ2v) is 6.58. The van der Waals surface area contributed by atoms with Crippen molar-refractivity contribution in [1.29, 1.82) is 0 Å². The van der Waals surface area contributed by atoms with Crippen molar-refractivity contribution in [2.75, 3.05) is 13.7 Å². The summed E-state index contributed by atoms with van der Waals surface area (Å²) in [6, 6.07) is 25.2. The molecule has 0 aliphatic rings. The number of carbonyl (C=O) groups excluding carboxylic acids is 1. The lowest BCUT2D eigenvalue weighted by molar-refractivity contribution is 0.163. The monoisotopic (exact) mass is 403 g/mol. The maximum absolute atomic E-state index is 12.0. The predicted octanol–water partition coefficient (Wildman–Crippen LogP) is 5.46. The molecule has 0 aromatic heterocycles. The molecule has 0 bridgehead atoms. The fourth-order valence-corrected chi connectivity index (χ4v) is 2.89. The first-order chi connectivity index (χ1) is 14.7. The second-order valence-electron chi connectivity index (χ2n) is 6.58. The number of nitrogens with zero attached hydrogens (tertiary/aromatic N) is 1. The molecule has 0 spiro atoms. The summed E-state index contributed by atoms with van der Waals surface area (Å²) in [6.07, 6.45) is -0.0991. The van der Waals surface area contributed by atoms with Crippen molar-refractivity contribution in [3.05, 3.63) is 95.6 Å². The van der Waals surface area contributed by atoms with E-state index in [4.69, 9.17) is 14.2 Å². The van der Waals surface area contributed by atoms with Gasteiger partial charge in [-0.2, -0.15) is 4.99 Å². The summed E-state index contributed by atoms with van der Waals surface area (Å²) in [6.45, 7) is 2.54. The van der Waals surface area contributed by atoms with Gasteiger partial charge in [-0.05, 0) is 60.0 Å². The van der Waals surface area contributed by atoms with Crippen molar-refractivity contribution in [2.45, 2.75) is 20.0 Å². The lowest BCUT2D eigenvalue weighted by Gasteiger charge is -2.10. The van der Waals surface area contributed by atoms with Gasteiger partial charge in [-0.15, -0.1) is 0 Å². The summed E-state index contributed by atoms with van der Waals surface area (Å²) in [7, 11) is 1.63. The van der Waals surface area contributed by atoms with Gasteiger partial charge in [-0.1, -0.05) is 42.5 Å². The molecule has 0 radical (unpaired) electrons. The average Bonchev–Trinajstić information content (AvgIpc) is 2.79. The van der Waals surface area contributed by atoms with Crippen LogP contribution in [-0.4, -0.2) is 25.5 Å². The standard InChI is InChI=1S/C25H25NO4/c1-3-29-25(27)26-24(17-19-9-13-22(28-2)14-10-19)21-11-15-23(16-12-21)30-18-20-7-5-4-6-8-20/h4-16H,3,17-18H2,1-2H3. The highest BCUT2D eigenvalue weighted by Crippen LogP contribution is 2.18. The van der Waals surface area contributed by atoms with Gasteiger partial charge in [0.25, 0.3) is 0 Å². The fourth-order valence-electron chi connectivity index (χ4n) is 2.89. The van der Waals surface area contributed by atoms with E-state index < -0.39 is 6.09 Å². The number of benzene rings is 3. The zero-order valence-corrected chi connectivity index (χ0v) is 17.2. The minimum atomic E-state index is -0.592. The van der Waals surface area contributed by atoms with Crippen LogP contribution >= 0.6 is 0 Å². The number of hydrogen-bond donors (Lipinski definition) is 0. The Morgan fingerprint density at radius 1 is 0.833 bits per heavy atom. The van der Waals surface area contributed by atoms with Crippen LogP contribution in [0.25, 0.3) is 0 Å². The van der Waals surface area contributed by atoms with E-state index in [2.05, 4.69) is 4.99 Å². The molecule has 3 rings (SSSR count). The van der Waals surface area contributed by atoms with Crippen LogP contribution in [0.2, 0.25) is 0 Å². The smallest absolute Gasteiger partial charge is 0.433 e. The van der Waals surface area contributed by atoms with Gasteiger partial charge in [0.15, 0.2) is 0 Å². The van der Waals surface area contributed by atoms with Gasteiger partial charge in [-0.25, -0.2) is 4.79 Å². The molecule has 0 unspecified atom stereocenters. The number of methoxy groups -OCH3 is 1. The summed E-state index contributed by atoms with van der Waals surface area (Å²) in [5, 5.41) is 0. The first-order valence-corrected chi connectivity index (χ1v) is 9.82. The van der Waals surface area contributed by atoms with Gasteiger partial charge in [-0.3, -0.25) is 0 Å². The molecule has 3 aromatic rings. The van der Waals surface area contributed by atoms with Gasteiger partial charge >= 0.3 is 6.09 Å². The Kier molecular flexibility index (Phi) is 7.61. The van der Waals surface area contributed by atoms with Gasteiger partial charge in [0.05, 0.1) is 19.4 Å². The van der Waals surface area contributed by atoms with Crippen molar-refractivity contribution < 1.29 is 19.0 Å². The van der Waals surface area contributed by atoms with Gasteiger partial charge < -0.3 is 14.2 Å². The molecular weight excluding hydrogens is 378 g/mol. The molecule has 30 heavy (non-hydrogen) atoms. The number of hydrogen-bond acceptors (Lipinski definition) is 4. The maximum atomic E-state index is 12.0. The molecule has 3 aromatic carbocycles. The Balaban J connectivity index is 1.75. The molecule has 5 nitrogen and oxygen atoms in total. The zero-order chi connectivity index (χ0) is 21.2. The van der Waals surface area contributed by atoms with Crippen LogP contribution in [0.3, 0.4) is 0 Å². The van der Waals surface area contributed by atoms with Crippen molar-refractivity contribution in [3.8, 4) is 11.5 Å². The number of carbonyl (C=O) groups is 1. The average molecular weight is 403 g/mol. The number of amides is 1. The normalized spacial score (nSPS) is 11.1. The molecular formula is C25H25NO4. The van der Waals surface area contributed by atoms with E-state index in [0.717, 1.165) is 28.2 Å². The van der Waals surface area contributed by atoms with E-state index in [1.807, 2.05) is 78.9 Å². The Bertz CT molecular complexity index is 964. The van der Waals surface area contributed by atoms with Gasteiger partial charge in [0, 0.05) is 6.42 Å². The lowest BCUT2D eigenvalue weighted by atomic mass is 10.0. The van der Waals surface area contributed by atoms with Crippen LogP contribution in [0.5, 0.6) is 11.5 Å². The Hall–Kier alpha value is -3.60. The van der Waals surface area contributed by atoms with Gasteiger partial charge in [0.1, 0.15) is 18.1 Å². The molecule has 0 saturated heterocycles. The van der Waals surface area contributed by atoms with Crippen LogP contribution < -0.4 is 9.47 Å². The summed E-state index contributed by atoms with van der Waals surface area (Å²) < 4.78 is 16.1. The Morgan fingerprint density at radius 3 is 2.13 bits per heavy atom. The van der Waals surface area contributed by atoms with Crippen LogP contribution in [0, 0.1) is 0 Å². The molecule has 0 atom stereocenters. The highest BCUT2D eigenvalue weighted by Gasteiger charge is 2.10. The summed E-state index contributed by atoms with van der Waals surface area (Å²) in [4.78, 5) is 16.2. The van der Waals surface area contributed by atoms with E-state index >= 15 is 0 Å². The van der Waals surface area contributed by atoms with E-state index in [1.54, 1.807) is 14.0 Å². The summed E-state index contributed by atoms with van der Waals surface area (Å²) >= 11 is 0. The molecule has 0 N–H and O–H groups in total. The van der Waals surface area contributed by atoms with Crippen LogP contribution in [0.4, 0.5) is 4.79 Å². The third-order valence-electron chi connectivity index (χ3n) is 4.46. The van der Waals surface area contributed by atoms with Gasteiger partial charge in [0.2, 0.25) is 0 Å².